The number of hydrogen-bond acceptors (Lipinski definition) is 7. The number of aryl methyl sites for hydroxylation is 1. The number of aromatic amines is 1. The molecule has 0 fully saturated rings. The van der Waals surface area contributed by atoms with Crippen LogP contribution in [0.2, 0.25) is 0 Å². The van der Waals surface area contributed by atoms with E-state index < -0.39 is 5.79 Å². The lowest BCUT2D eigenvalue weighted by Crippen LogP contribution is -2.32. The molecule has 0 aliphatic rings. The largest absolute Gasteiger partial charge is 0.347 e. The van der Waals surface area contributed by atoms with E-state index in [0.717, 1.165) is 53.9 Å². The molecule has 35 heavy (non-hydrogen) atoms. The van der Waals surface area contributed by atoms with E-state index in [-0.39, 0.29) is 0 Å². The Morgan fingerprint density at radius 2 is 1.69 bits per heavy atom. The Hall–Kier alpha value is -3.43. The molecule has 0 radical (unpaired) electrons. The van der Waals surface area contributed by atoms with Crippen molar-refractivity contribution in [3.05, 3.63) is 65.7 Å². The van der Waals surface area contributed by atoms with Crippen LogP contribution >= 0.6 is 0 Å². The SMILES string of the molecule is CCCCn1nc(C(CCC)(OC)OC)nc1Cc1ccc(-c2ccccc2-c2nnn[nH]2)cc1. The highest BCUT2D eigenvalue weighted by Gasteiger charge is 2.36. The highest BCUT2D eigenvalue weighted by atomic mass is 16.7. The number of ether oxygens (including phenoxy) is 2. The van der Waals surface area contributed by atoms with Crippen molar-refractivity contribution in [2.45, 2.75) is 58.3 Å². The number of tetrazole rings is 1. The minimum Gasteiger partial charge on any atom is -0.347 e. The third-order valence-electron chi connectivity index (χ3n) is 6.21. The van der Waals surface area contributed by atoms with Gasteiger partial charge in [-0.05, 0) is 33.5 Å². The molecule has 0 spiro atoms. The van der Waals surface area contributed by atoms with Gasteiger partial charge in [-0.1, -0.05) is 75.2 Å². The van der Waals surface area contributed by atoms with Crippen molar-refractivity contribution in [1.29, 1.82) is 0 Å². The van der Waals surface area contributed by atoms with Crippen molar-refractivity contribution >= 4 is 0 Å². The van der Waals surface area contributed by atoms with E-state index in [1.54, 1.807) is 14.2 Å². The van der Waals surface area contributed by atoms with E-state index in [1.165, 1.54) is 0 Å². The number of benzene rings is 2. The van der Waals surface area contributed by atoms with Gasteiger partial charge >= 0.3 is 0 Å². The van der Waals surface area contributed by atoms with Crippen molar-refractivity contribution in [3.63, 3.8) is 0 Å². The number of H-pyrrole nitrogens is 1. The summed E-state index contributed by atoms with van der Waals surface area (Å²) in [5.41, 5.74) is 4.27. The molecular weight excluding hydrogens is 442 g/mol. The molecule has 2 aromatic carbocycles. The van der Waals surface area contributed by atoms with E-state index in [9.17, 15) is 0 Å². The standard InChI is InChI=1S/C26H33N7O2/c1-5-7-17-33-23(27-25(30-33)26(34-3,35-4)16-6-2)18-19-12-14-20(15-13-19)21-10-8-9-11-22(21)24-28-31-32-29-24/h8-15H,5-7,16-18H2,1-4H3,(H,28,29,31,32). The second-order valence-electron chi connectivity index (χ2n) is 8.51. The van der Waals surface area contributed by atoms with Crippen LogP contribution in [-0.2, 0) is 28.2 Å². The number of nitrogens with zero attached hydrogens (tertiary/aromatic N) is 6. The summed E-state index contributed by atoms with van der Waals surface area (Å²) < 4.78 is 13.5. The molecule has 2 aromatic heterocycles. The first-order valence-corrected chi connectivity index (χ1v) is 12.1. The summed E-state index contributed by atoms with van der Waals surface area (Å²) in [6.45, 7) is 5.08. The maximum Gasteiger partial charge on any atom is 0.231 e. The van der Waals surface area contributed by atoms with Crippen LogP contribution < -0.4 is 0 Å². The van der Waals surface area contributed by atoms with E-state index in [1.807, 2.05) is 22.9 Å². The topological polar surface area (TPSA) is 104 Å². The lowest BCUT2D eigenvalue weighted by Gasteiger charge is -2.27. The van der Waals surface area contributed by atoms with E-state index in [4.69, 9.17) is 19.6 Å². The minimum absolute atomic E-state index is 0.585. The van der Waals surface area contributed by atoms with Gasteiger partial charge < -0.3 is 9.47 Å². The van der Waals surface area contributed by atoms with Gasteiger partial charge in [0.1, 0.15) is 5.82 Å². The molecule has 184 valence electrons. The van der Waals surface area contributed by atoms with E-state index in [0.29, 0.717) is 24.5 Å². The Kier molecular flexibility index (Phi) is 7.99. The Morgan fingerprint density at radius 3 is 2.31 bits per heavy atom. The van der Waals surface area contributed by atoms with Gasteiger partial charge in [0.05, 0.1) is 0 Å². The molecule has 0 bridgehead atoms. The fraction of sp³-hybridized carbons (Fsp3) is 0.423. The summed E-state index contributed by atoms with van der Waals surface area (Å²) in [7, 11) is 3.30. The summed E-state index contributed by atoms with van der Waals surface area (Å²) in [4.78, 5) is 4.90. The molecule has 0 atom stereocenters. The Bertz CT molecular complexity index is 1200. The fourth-order valence-corrected chi connectivity index (χ4v) is 4.26. The molecule has 0 unspecified atom stereocenters. The van der Waals surface area contributed by atoms with Crippen LogP contribution in [-0.4, -0.2) is 49.6 Å². The van der Waals surface area contributed by atoms with Crippen LogP contribution in [0.3, 0.4) is 0 Å². The van der Waals surface area contributed by atoms with Gasteiger partial charge in [0.2, 0.25) is 11.6 Å². The van der Waals surface area contributed by atoms with Gasteiger partial charge in [0, 0.05) is 39.2 Å². The first kappa shape index (κ1) is 24.7. The predicted molar refractivity (Wildman–Crippen MR) is 133 cm³/mol. The molecule has 0 aliphatic carbocycles. The fourth-order valence-electron chi connectivity index (χ4n) is 4.26. The van der Waals surface area contributed by atoms with Crippen LogP contribution in [0.15, 0.2) is 48.5 Å². The number of aromatic nitrogens is 7. The zero-order valence-electron chi connectivity index (χ0n) is 20.9. The van der Waals surface area contributed by atoms with Crippen molar-refractivity contribution in [1.82, 2.24) is 35.4 Å². The second-order valence-corrected chi connectivity index (χ2v) is 8.51. The molecule has 9 heteroatoms. The average molecular weight is 476 g/mol. The van der Waals surface area contributed by atoms with Crippen molar-refractivity contribution < 1.29 is 9.47 Å². The normalized spacial score (nSPS) is 11.8. The Labute approximate surface area is 205 Å². The van der Waals surface area contributed by atoms with Gasteiger partial charge in [-0.2, -0.15) is 5.10 Å². The van der Waals surface area contributed by atoms with E-state index in [2.05, 4.69) is 64.8 Å². The Morgan fingerprint density at radius 1 is 0.943 bits per heavy atom. The lowest BCUT2D eigenvalue weighted by atomic mass is 9.98. The molecular formula is C26H33N7O2. The summed E-state index contributed by atoms with van der Waals surface area (Å²) in [5.74, 6) is 1.21. The molecule has 0 saturated heterocycles. The third-order valence-corrected chi connectivity index (χ3v) is 6.21. The maximum atomic E-state index is 5.77. The first-order valence-electron chi connectivity index (χ1n) is 12.1. The van der Waals surface area contributed by atoms with Crippen molar-refractivity contribution in [2.24, 2.45) is 0 Å². The highest BCUT2D eigenvalue weighted by Crippen LogP contribution is 2.31. The molecule has 4 rings (SSSR count). The number of hydrogen-bond donors (Lipinski definition) is 1. The van der Waals surface area contributed by atoms with Crippen LogP contribution in [0, 0.1) is 0 Å². The molecule has 4 aromatic rings. The molecule has 2 heterocycles. The zero-order chi connectivity index (χ0) is 24.7. The first-order chi connectivity index (χ1) is 17.1. The van der Waals surface area contributed by atoms with Crippen LogP contribution in [0.25, 0.3) is 22.5 Å². The second kappa shape index (κ2) is 11.3. The third kappa shape index (κ3) is 5.31. The van der Waals surface area contributed by atoms with Gasteiger partial charge in [0.15, 0.2) is 5.82 Å². The summed E-state index contributed by atoms with van der Waals surface area (Å²) in [5, 5.41) is 19.2. The lowest BCUT2D eigenvalue weighted by molar-refractivity contribution is -0.225. The number of methoxy groups -OCH3 is 2. The van der Waals surface area contributed by atoms with E-state index >= 15 is 0 Å². The maximum absolute atomic E-state index is 5.77. The molecule has 9 nitrogen and oxygen atoms in total. The predicted octanol–water partition coefficient (Wildman–Crippen LogP) is 4.76. The van der Waals surface area contributed by atoms with Gasteiger partial charge in [-0.15, -0.1) is 5.10 Å². The average Bonchev–Trinajstić information content (AvgIpc) is 3.57. The van der Waals surface area contributed by atoms with Crippen LogP contribution in [0.1, 0.15) is 56.7 Å². The summed E-state index contributed by atoms with van der Waals surface area (Å²) >= 11 is 0. The monoisotopic (exact) mass is 475 g/mol. The summed E-state index contributed by atoms with van der Waals surface area (Å²) in [6.07, 6.45) is 4.36. The highest BCUT2D eigenvalue weighted by molar-refractivity contribution is 5.80. The number of rotatable bonds is 12. The molecule has 1 N–H and O–H groups in total. The molecule has 0 aliphatic heterocycles. The quantitative estimate of drug-likeness (QED) is 0.295. The van der Waals surface area contributed by atoms with Crippen molar-refractivity contribution in [3.8, 4) is 22.5 Å². The smallest absolute Gasteiger partial charge is 0.231 e. The summed E-state index contributed by atoms with van der Waals surface area (Å²) in [6, 6.07) is 16.6. The van der Waals surface area contributed by atoms with Gasteiger partial charge in [-0.25, -0.2) is 14.8 Å². The molecule has 0 saturated carbocycles. The van der Waals surface area contributed by atoms with Crippen molar-refractivity contribution in [2.75, 3.05) is 14.2 Å². The van der Waals surface area contributed by atoms with Crippen LogP contribution in [0.4, 0.5) is 0 Å². The van der Waals surface area contributed by atoms with Gasteiger partial charge in [-0.3, -0.25) is 0 Å². The number of nitrogens with one attached hydrogen (secondary N) is 1. The minimum atomic E-state index is -0.926. The zero-order valence-corrected chi connectivity index (χ0v) is 20.9. The Balaban J connectivity index is 1.62. The van der Waals surface area contributed by atoms with Crippen LogP contribution in [0.5, 0.6) is 0 Å². The number of unbranched alkanes of at least 4 members (excludes halogenated alkanes) is 1. The van der Waals surface area contributed by atoms with Gasteiger partial charge in [0.25, 0.3) is 0 Å². The molecule has 0 amide bonds.